The number of nitrogens with one attached hydrogen (secondary N) is 1. The lowest BCUT2D eigenvalue weighted by Gasteiger charge is -2.13. The number of aromatic nitrogens is 3. The van der Waals surface area contributed by atoms with Crippen molar-refractivity contribution in [3.8, 4) is 0 Å². The molecule has 2 heterocycles. The predicted octanol–water partition coefficient (Wildman–Crippen LogP) is 1.72. The van der Waals surface area contributed by atoms with Gasteiger partial charge in [-0.15, -0.1) is 0 Å². The van der Waals surface area contributed by atoms with Crippen molar-refractivity contribution >= 4 is 16.7 Å². The minimum absolute atomic E-state index is 0.260. The van der Waals surface area contributed by atoms with Gasteiger partial charge in [-0.25, -0.2) is 4.98 Å². The molecule has 0 bridgehead atoms. The topological polar surface area (TPSA) is 52.0 Å². The van der Waals surface area contributed by atoms with E-state index in [1.54, 1.807) is 11.8 Å². The first-order chi connectivity index (χ1) is 8.11. The average Bonchev–Trinajstić information content (AvgIpc) is 2.55. The molecule has 0 aromatic carbocycles. The van der Waals surface area contributed by atoms with Gasteiger partial charge in [-0.05, 0) is 19.9 Å². The maximum Gasteiger partial charge on any atom is 0.157 e. The minimum Gasteiger partial charge on any atom is -0.383 e. The minimum atomic E-state index is 0.260. The molecule has 1 unspecified atom stereocenters. The van der Waals surface area contributed by atoms with Crippen molar-refractivity contribution in [1.82, 2.24) is 14.8 Å². The van der Waals surface area contributed by atoms with Gasteiger partial charge in [0, 0.05) is 25.6 Å². The summed E-state index contributed by atoms with van der Waals surface area (Å²) in [6.07, 6.45) is 1.83. The molecule has 0 aliphatic carbocycles. The number of pyridine rings is 1. The Morgan fingerprint density at radius 3 is 3.00 bits per heavy atom. The lowest BCUT2D eigenvalue weighted by molar-refractivity contribution is 0.190. The van der Waals surface area contributed by atoms with Gasteiger partial charge in [0.25, 0.3) is 0 Å². The molecule has 2 aromatic rings. The first kappa shape index (κ1) is 11.9. The molecular formula is C12H18N4O. The van der Waals surface area contributed by atoms with E-state index in [1.807, 2.05) is 20.2 Å². The molecule has 5 heteroatoms. The highest BCUT2D eigenvalue weighted by Crippen LogP contribution is 2.19. The van der Waals surface area contributed by atoms with Gasteiger partial charge in [0.1, 0.15) is 0 Å². The Balaban J connectivity index is 2.28. The Hall–Kier alpha value is -1.62. The Morgan fingerprint density at radius 2 is 2.29 bits per heavy atom. The number of rotatable bonds is 4. The van der Waals surface area contributed by atoms with E-state index in [1.165, 1.54) is 0 Å². The van der Waals surface area contributed by atoms with Crippen molar-refractivity contribution in [1.29, 1.82) is 0 Å². The molecule has 0 aliphatic rings. The van der Waals surface area contributed by atoms with Crippen LogP contribution in [0.15, 0.2) is 12.3 Å². The van der Waals surface area contributed by atoms with Crippen LogP contribution < -0.4 is 5.32 Å². The van der Waals surface area contributed by atoms with Crippen LogP contribution in [0, 0.1) is 6.92 Å². The molecule has 0 saturated heterocycles. The van der Waals surface area contributed by atoms with Gasteiger partial charge in [0.05, 0.1) is 24.2 Å². The monoisotopic (exact) mass is 234 g/mol. The third-order valence-electron chi connectivity index (χ3n) is 2.69. The van der Waals surface area contributed by atoms with Crippen molar-refractivity contribution in [2.24, 2.45) is 7.05 Å². The molecule has 0 spiro atoms. The highest BCUT2D eigenvalue weighted by atomic mass is 16.5. The summed E-state index contributed by atoms with van der Waals surface area (Å²) in [6, 6.07) is 2.34. The lowest BCUT2D eigenvalue weighted by Crippen LogP contribution is -2.20. The van der Waals surface area contributed by atoms with Crippen LogP contribution in [0.4, 0.5) is 5.69 Å². The fourth-order valence-electron chi connectivity index (χ4n) is 1.96. The molecule has 2 rings (SSSR count). The molecule has 2 aromatic heterocycles. The average molecular weight is 234 g/mol. The van der Waals surface area contributed by atoms with Crippen molar-refractivity contribution in [3.05, 3.63) is 18.0 Å². The van der Waals surface area contributed by atoms with Crippen LogP contribution in [-0.4, -0.2) is 34.5 Å². The van der Waals surface area contributed by atoms with Crippen LogP contribution in [0.5, 0.6) is 0 Å². The van der Waals surface area contributed by atoms with E-state index < -0.39 is 0 Å². The van der Waals surface area contributed by atoms with Crippen molar-refractivity contribution in [3.63, 3.8) is 0 Å². The highest BCUT2D eigenvalue weighted by Gasteiger charge is 2.08. The first-order valence-electron chi connectivity index (χ1n) is 5.66. The number of aryl methyl sites for hydroxylation is 2. The number of ether oxygens (including phenoxy) is 1. The highest BCUT2D eigenvalue weighted by molar-refractivity contribution is 5.81. The third kappa shape index (κ3) is 2.39. The summed E-state index contributed by atoms with van der Waals surface area (Å²) in [6.45, 7) is 4.74. The number of hydrogen-bond donors (Lipinski definition) is 1. The zero-order chi connectivity index (χ0) is 12.4. The second kappa shape index (κ2) is 4.71. The number of methoxy groups -OCH3 is 1. The molecule has 0 fully saturated rings. The van der Waals surface area contributed by atoms with E-state index in [4.69, 9.17) is 4.74 Å². The quantitative estimate of drug-likeness (QED) is 0.875. The number of nitrogens with zero attached hydrogens (tertiary/aromatic N) is 3. The van der Waals surface area contributed by atoms with Gasteiger partial charge in [0.2, 0.25) is 0 Å². The lowest BCUT2D eigenvalue weighted by atomic mass is 10.2. The van der Waals surface area contributed by atoms with E-state index in [9.17, 15) is 0 Å². The Morgan fingerprint density at radius 1 is 1.53 bits per heavy atom. The second-order valence-corrected chi connectivity index (χ2v) is 4.30. The molecular weight excluding hydrogens is 216 g/mol. The second-order valence-electron chi connectivity index (χ2n) is 4.30. The normalized spacial score (nSPS) is 12.9. The Kier molecular flexibility index (Phi) is 3.28. The van der Waals surface area contributed by atoms with Gasteiger partial charge < -0.3 is 10.1 Å². The van der Waals surface area contributed by atoms with Crippen molar-refractivity contribution in [2.75, 3.05) is 19.0 Å². The molecule has 0 radical (unpaired) electrons. The maximum absolute atomic E-state index is 5.09. The van der Waals surface area contributed by atoms with Crippen LogP contribution in [0.25, 0.3) is 11.0 Å². The molecule has 0 amide bonds. The maximum atomic E-state index is 5.09. The first-order valence-corrected chi connectivity index (χ1v) is 5.66. The van der Waals surface area contributed by atoms with Gasteiger partial charge in [-0.2, -0.15) is 5.10 Å². The van der Waals surface area contributed by atoms with E-state index in [0.29, 0.717) is 6.61 Å². The molecule has 1 N–H and O–H groups in total. The van der Waals surface area contributed by atoms with Crippen LogP contribution in [-0.2, 0) is 11.8 Å². The van der Waals surface area contributed by atoms with E-state index in [0.717, 1.165) is 22.4 Å². The smallest absolute Gasteiger partial charge is 0.157 e. The van der Waals surface area contributed by atoms with E-state index in [2.05, 4.69) is 28.4 Å². The molecule has 1 atom stereocenters. The SMILES string of the molecule is COCC(C)Nc1cnc2c(c1)c(C)nn2C. The summed E-state index contributed by atoms with van der Waals surface area (Å²) in [7, 11) is 3.61. The van der Waals surface area contributed by atoms with Crippen molar-refractivity contribution < 1.29 is 4.74 Å². The summed E-state index contributed by atoms with van der Waals surface area (Å²) < 4.78 is 6.89. The molecule has 92 valence electrons. The Labute approximate surface area is 101 Å². The molecule has 5 nitrogen and oxygen atoms in total. The van der Waals surface area contributed by atoms with Gasteiger partial charge in [-0.3, -0.25) is 4.68 Å². The zero-order valence-electron chi connectivity index (χ0n) is 10.7. The Bertz CT molecular complexity index is 520. The van der Waals surface area contributed by atoms with Crippen LogP contribution >= 0.6 is 0 Å². The number of hydrogen-bond acceptors (Lipinski definition) is 4. The number of anilines is 1. The standard InChI is InChI=1S/C12H18N4O/c1-8(7-17-4)14-10-5-11-9(2)15-16(3)12(11)13-6-10/h5-6,8,14H,7H2,1-4H3. The van der Waals surface area contributed by atoms with Gasteiger partial charge in [-0.1, -0.05) is 0 Å². The van der Waals surface area contributed by atoms with Gasteiger partial charge >= 0.3 is 0 Å². The largest absolute Gasteiger partial charge is 0.383 e. The third-order valence-corrected chi connectivity index (χ3v) is 2.69. The van der Waals surface area contributed by atoms with Crippen molar-refractivity contribution in [2.45, 2.75) is 19.9 Å². The summed E-state index contributed by atoms with van der Waals surface area (Å²) in [5, 5.41) is 8.78. The van der Waals surface area contributed by atoms with Crippen LogP contribution in [0.2, 0.25) is 0 Å². The fourth-order valence-corrected chi connectivity index (χ4v) is 1.96. The molecule has 0 saturated carbocycles. The summed E-state index contributed by atoms with van der Waals surface area (Å²) in [4.78, 5) is 4.41. The predicted molar refractivity (Wildman–Crippen MR) is 68.2 cm³/mol. The van der Waals surface area contributed by atoms with Gasteiger partial charge in [0.15, 0.2) is 5.65 Å². The fraction of sp³-hybridized carbons (Fsp3) is 0.500. The van der Waals surface area contributed by atoms with E-state index in [-0.39, 0.29) is 6.04 Å². The molecule has 0 aliphatic heterocycles. The summed E-state index contributed by atoms with van der Waals surface area (Å²) in [5.74, 6) is 0. The molecule has 17 heavy (non-hydrogen) atoms. The van der Waals surface area contributed by atoms with Crippen LogP contribution in [0.3, 0.4) is 0 Å². The summed E-state index contributed by atoms with van der Waals surface area (Å²) in [5.41, 5.74) is 2.91. The zero-order valence-corrected chi connectivity index (χ0v) is 10.7. The summed E-state index contributed by atoms with van der Waals surface area (Å²) >= 11 is 0. The number of fused-ring (bicyclic) bond motifs is 1. The van der Waals surface area contributed by atoms with E-state index >= 15 is 0 Å². The van der Waals surface area contributed by atoms with Crippen LogP contribution in [0.1, 0.15) is 12.6 Å².